The van der Waals surface area contributed by atoms with Crippen LogP contribution in [0.2, 0.25) is 10.2 Å². The van der Waals surface area contributed by atoms with Crippen molar-refractivity contribution in [2.75, 3.05) is 37.6 Å². The Labute approximate surface area is 269 Å². The molecule has 10 nitrogen and oxygen atoms in total. The van der Waals surface area contributed by atoms with Gasteiger partial charge >= 0.3 is 0 Å². The van der Waals surface area contributed by atoms with Crippen LogP contribution in [-0.4, -0.2) is 90.2 Å². The number of sulfone groups is 1. The van der Waals surface area contributed by atoms with Gasteiger partial charge in [0.15, 0.2) is 9.84 Å². The van der Waals surface area contributed by atoms with Gasteiger partial charge in [-0.1, -0.05) is 29.3 Å². The molecule has 4 aliphatic rings. The number of anilines is 1. The number of benzene rings is 1. The number of nitrogens with one attached hydrogen (secondary N) is 1. The van der Waals surface area contributed by atoms with Crippen molar-refractivity contribution in [2.45, 2.75) is 85.7 Å². The molecular formula is C31H40Cl2N6O4S. The third-order valence-electron chi connectivity index (χ3n) is 9.68. The molecule has 2 aliphatic carbocycles. The molecule has 238 valence electrons. The number of aromatic nitrogens is 1. The van der Waals surface area contributed by atoms with Crippen molar-refractivity contribution in [2.24, 2.45) is 5.73 Å². The number of nitrogens with two attached hydrogens (primary N) is 1. The largest absolute Gasteiger partial charge is 0.369 e. The number of nitrogens with zero attached hydrogens (tertiary/aromatic N) is 4. The van der Waals surface area contributed by atoms with Gasteiger partial charge in [-0.05, 0) is 82.7 Å². The first-order valence-electron chi connectivity index (χ1n) is 15.2. The molecule has 4 fully saturated rings. The number of pyridine rings is 1. The van der Waals surface area contributed by atoms with Crippen LogP contribution < -0.4 is 16.0 Å². The summed E-state index contributed by atoms with van der Waals surface area (Å²) in [5.74, 6) is -0.714. The maximum atomic E-state index is 14.1. The predicted molar refractivity (Wildman–Crippen MR) is 171 cm³/mol. The monoisotopic (exact) mass is 662 g/mol. The van der Waals surface area contributed by atoms with Crippen molar-refractivity contribution in [3.05, 3.63) is 52.3 Å². The number of carbonyl (C=O) groups excluding carboxylic acids is 2. The Morgan fingerprint density at radius 1 is 1.02 bits per heavy atom. The minimum Gasteiger partial charge on any atom is -0.369 e. The van der Waals surface area contributed by atoms with Gasteiger partial charge in [0.05, 0.1) is 26.2 Å². The van der Waals surface area contributed by atoms with Gasteiger partial charge in [0.1, 0.15) is 11.2 Å². The van der Waals surface area contributed by atoms with Crippen LogP contribution in [0.5, 0.6) is 0 Å². The van der Waals surface area contributed by atoms with E-state index in [0.717, 1.165) is 31.9 Å². The molecule has 3 N–H and O–H groups in total. The van der Waals surface area contributed by atoms with E-state index in [0.29, 0.717) is 36.4 Å². The molecule has 2 saturated heterocycles. The van der Waals surface area contributed by atoms with Crippen molar-refractivity contribution in [3.8, 4) is 0 Å². The minimum absolute atomic E-state index is 0.00947. The van der Waals surface area contributed by atoms with E-state index in [9.17, 15) is 18.0 Å². The fourth-order valence-corrected chi connectivity index (χ4v) is 8.85. The van der Waals surface area contributed by atoms with E-state index in [4.69, 9.17) is 28.9 Å². The molecule has 2 atom stereocenters. The molecule has 13 heteroatoms. The molecule has 1 aromatic carbocycles. The second-order valence-electron chi connectivity index (χ2n) is 13.7. The van der Waals surface area contributed by atoms with Crippen LogP contribution >= 0.6 is 23.2 Å². The number of likely N-dealkylation sites (tertiary alicyclic amines) is 1. The highest BCUT2D eigenvalue weighted by molar-refractivity contribution is 7.92. The van der Waals surface area contributed by atoms with Gasteiger partial charge in [-0.15, -0.1) is 0 Å². The fourth-order valence-electron chi connectivity index (χ4n) is 6.50. The number of amides is 2. The summed E-state index contributed by atoms with van der Waals surface area (Å²) in [5.41, 5.74) is 6.17. The number of halogens is 2. The number of hydrogen-bond acceptors (Lipinski definition) is 8. The van der Waals surface area contributed by atoms with Gasteiger partial charge in [0.25, 0.3) is 0 Å². The molecule has 2 aromatic rings. The van der Waals surface area contributed by atoms with Crippen molar-refractivity contribution >= 4 is 50.5 Å². The van der Waals surface area contributed by atoms with Gasteiger partial charge in [0, 0.05) is 50.1 Å². The summed E-state index contributed by atoms with van der Waals surface area (Å²) >= 11 is 12.7. The van der Waals surface area contributed by atoms with Crippen LogP contribution in [0, 0.1) is 0 Å². The van der Waals surface area contributed by atoms with Gasteiger partial charge < -0.3 is 20.9 Å². The number of rotatable bonds is 7. The first-order chi connectivity index (χ1) is 20.6. The minimum atomic E-state index is -3.99. The molecule has 6 rings (SSSR count). The zero-order chi connectivity index (χ0) is 31.7. The van der Waals surface area contributed by atoms with Crippen LogP contribution in [0.3, 0.4) is 0 Å². The molecular weight excluding hydrogens is 623 g/mol. The van der Waals surface area contributed by atoms with Gasteiger partial charge in [-0.3, -0.25) is 14.5 Å². The molecule has 0 unspecified atom stereocenters. The molecule has 2 saturated carbocycles. The van der Waals surface area contributed by atoms with E-state index in [2.05, 4.69) is 40.9 Å². The predicted octanol–water partition coefficient (Wildman–Crippen LogP) is 3.35. The Kier molecular flexibility index (Phi) is 7.97. The van der Waals surface area contributed by atoms with Crippen LogP contribution in [-0.2, 0) is 24.8 Å². The lowest BCUT2D eigenvalue weighted by atomic mass is 9.95. The number of hydrogen-bond donors (Lipinski definition) is 2. The van der Waals surface area contributed by atoms with E-state index < -0.39 is 38.1 Å². The Morgan fingerprint density at radius 3 is 2.25 bits per heavy atom. The quantitative estimate of drug-likeness (QED) is 0.341. The Morgan fingerprint density at radius 2 is 1.70 bits per heavy atom. The van der Waals surface area contributed by atoms with E-state index in [1.54, 1.807) is 36.5 Å². The average Bonchev–Trinajstić information content (AvgIpc) is 3.88. The topological polar surface area (TPSA) is 129 Å². The molecule has 0 bridgehead atoms. The van der Waals surface area contributed by atoms with Crippen LogP contribution in [0.15, 0.2) is 41.4 Å². The van der Waals surface area contributed by atoms with E-state index in [-0.39, 0.29) is 34.3 Å². The second kappa shape index (κ2) is 11.1. The first kappa shape index (κ1) is 31.5. The van der Waals surface area contributed by atoms with E-state index in [1.165, 1.54) is 4.90 Å². The zero-order valence-electron chi connectivity index (χ0n) is 25.4. The summed E-state index contributed by atoms with van der Waals surface area (Å²) < 4.78 is 28.2. The SMILES string of the molecule is CC(C)(C)N1CCN(c2ccc(S(=O)(=O)[C@@H]3C[C@@H](C(=O)NC4(N)CC4)N(C(=O)C4(c5ccc(Cl)nc5)CC4)C3)c(Cl)c2)CC1. The second-order valence-corrected chi connectivity index (χ2v) is 16.7. The van der Waals surface area contributed by atoms with Crippen LogP contribution in [0.1, 0.15) is 58.4 Å². The molecule has 0 spiro atoms. The maximum Gasteiger partial charge on any atom is 0.244 e. The standard InChI is InChI=1S/C31H40Cl2N6O4S/c1-29(2,3)38-14-12-37(13-15-38)21-5-6-25(23(32)16-21)44(42,43)22-17-24(27(40)36-31(34)10-11-31)39(19-22)28(41)30(8-9-30)20-4-7-26(33)35-18-20/h4-7,16,18,22,24H,8-15,17,19,34H2,1-3H3,(H,36,40)/t22-,24+/m1/s1. The Bertz CT molecular complexity index is 1560. The van der Waals surface area contributed by atoms with Gasteiger partial charge in [-0.2, -0.15) is 0 Å². The van der Waals surface area contributed by atoms with Crippen molar-refractivity contribution in [3.63, 3.8) is 0 Å². The fraction of sp³-hybridized carbons (Fsp3) is 0.581. The smallest absolute Gasteiger partial charge is 0.244 e. The summed E-state index contributed by atoms with van der Waals surface area (Å²) in [6.45, 7) is 9.89. The molecule has 3 heterocycles. The van der Waals surface area contributed by atoms with Gasteiger partial charge in [0.2, 0.25) is 11.8 Å². The highest BCUT2D eigenvalue weighted by Crippen LogP contribution is 2.51. The molecule has 2 amide bonds. The number of carbonyl (C=O) groups is 2. The molecule has 44 heavy (non-hydrogen) atoms. The normalized spacial score (nSPS) is 24.7. The summed E-state index contributed by atoms with van der Waals surface area (Å²) in [5, 5.41) is 2.28. The molecule has 0 radical (unpaired) electrons. The Hall–Kier alpha value is -2.44. The van der Waals surface area contributed by atoms with Crippen molar-refractivity contribution in [1.82, 2.24) is 20.1 Å². The van der Waals surface area contributed by atoms with Crippen molar-refractivity contribution in [1.29, 1.82) is 0 Å². The lowest BCUT2D eigenvalue weighted by Gasteiger charge is -2.43. The highest BCUT2D eigenvalue weighted by Gasteiger charge is 2.58. The zero-order valence-corrected chi connectivity index (χ0v) is 27.7. The Balaban J connectivity index is 1.24. The number of piperazine rings is 1. The maximum absolute atomic E-state index is 14.1. The summed E-state index contributed by atoms with van der Waals surface area (Å²) in [6.07, 6.45) is 3.96. The molecule has 1 aromatic heterocycles. The van der Waals surface area contributed by atoms with Crippen LogP contribution in [0.25, 0.3) is 0 Å². The average molecular weight is 664 g/mol. The van der Waals surface area contributed by atoms with Crippen molar-refractivity contribution < 1.29 is 18.0 Å². The van der Waals surface area contributed by atoms with Gasteiger partial charge in [-0.25, -0.2) is 13.4 Å². The lowest BCUT2D eigenvalue weighted by Crippen LogP contribution is -2.54. The summed E-state index contributed by atoms with van der Waals surface area (Å²) in [4.78, 5) is 37.8. The highest BCUT2D eigenvalue weighted by atomic mass is 35.5. The lowest BCUT2D eigenvalue weighted by molar-refractivity contribution is -0.140. The third kappa shape index (κ3) is 5.93. The van der Waals surface area contributed by atoms with E-state index in [1.807, 2.05) is 0 Å². The van der Waals surface area contributed by atoms with Crippen LogP contribution in [0.4, 0.5) is 5.69 Å². The first-order valence-corrected chi connectivity index (χ1v) is 17.5. The summed E-state index contributed by atoms with van der Waals surface area (Å²) in [7, 11) is -3.99. The third-order valence-corrected chi connectivity index (χ3v) is 12.5. The molecule has 2 aliphatic heterocycles. The van der Waals surface area contributed by atoms with E-state index >= 15 is 0 Å². The summed E-state index contributed by atoms with van der Waals surface area (Å²) in [6, 6.07) is 7.49.